The molecule has 2 amide bonds. The number of rotatable bonds is 10. The standard InChI is InChI=1S/C20H28N2O6/c1-13(2)17(22-20(26)28-12-15-8-6-5-7-9-15)18(24)21-16(19(25)27-4)11-10-14(3)23/h5-9,13,16-17H,10-12H2,1-4H3,(H,21,24)(H,22,26)/t16-,17+/m1/s1. The van der Waals surface area contributed by atoms with Crippen LogP contribution in [0.3, 0.4) is 0 Å². The van der Waals surface area contributed by atoms with E-state index in [1.54, 1.807) is 13.8 Å². The van der Waals surface area contributed by atoms with E-state index in [4.69, 9.17) is 4.74 Å². The molecule has 8 nitrogen and oxygen atoms in total. The van der Waals surface area contributed by atoms with Gasteiger partial charge >= 0.3 is 12.1 Å². The number of hydrogen-bond donors (Lipinski definition) is 2. The summed E-state index contributed by atoms with van der Waals surface area (Å²) in [7, 11) is 1.20. The lowest BCUT2D eigenvalue weighted by molar-refractivity contribution is -0.145. The van der Waals surface area contributed by atoms with Crippen molar-refractivity contribution in [2.45, 2.75) is 52.3 Å². The van der Waals surface area contributed by atoms with Crippen LogP contribution in [0.4, 0.5) is 4.79 Å². The highest BCUT2D eigenvalue weighted by Crippen LogP contribution is 2.07. The van der Waals surface area contributed by atoms with Gasteiger partial charge in [0.2, 0.25) is 5.91 Å². The Kier molecular flexibility index (Phi) is 9.70. The molecule has 0 aliphatic carbocycles. The average molecular weight is 392 g/mol. The van der Waals surface area contributed by atoms with Crippen molar-refractivity contribution in [2.75, 3.05) is 7.11 Å². The molecule has 1 rings (SSSR count). The largest absolute Gasteiger partial charge is 0.467 e. The molecule has 2 atom stereocenters. The first-order chi connectivity index (χ1) is 13.2. The number of nitrogens with one attached hydrogen (secondary N) is 2. The van der Waals surface area contributed by atoms with Gasteiger partial charge in [-0.1, -0.05) is 44.2 Å². The van der Waals surface area contributed by atoms with Gasteiger partial charge in [-0.15, -0.1) is 0 Å². The summed E-state index contributed by atoms with van der Waals surface area (Å²) in [6.07, 6.45) is -0.494. The molecule has 0 saturated heterocycles. The van der Waals surface area contributed by atoms with Gasteiger partial charge in [-0.3, -0.25) is 4.79 Å². The number of benzene rings is 1. The van der Waals surface area contributed by atoms with Crippen LogP contribution in [0.25, 0.3) is 0 Å². The Balaban J connectivity index is 2.68. The van der Waals surface area contributed by atoms with Gasteiger partial charge in [0.05, 0.1) is 7.11 Å². The Bertz CT molecular complexity index is 675. The smallest absolute Gasteiger partial charge is 0.408 e. The molecule has 0 heterocycles. The van der Waals surface area contributed by atoms with Crippen LogP contribution in [-0.4, -0.2) is 42.9 Å². The Morgan fingerprint density at radius 2 is 1.68 bits per heavy atom. The van der Waals surface area contributed by atoms with Crippen molar-refractivity contribution in [2.24, 2.45) is 5.92 Å². The normalized spacial score (nSPS) is 12.6. The van der Waals surface area contributed by atoms with Crippen LogP contribution >= 0.6 is 0 Å². The maximum absolute atomic E-state index is 12.6. The van der Waals surface area contributed by atoms with E-state index in [-0.39, 0.29) is 31.1 Å². The molecule has 0 aliphatic rings. The summed E-state index contributed by atoms with van der Waals surface area (Å²) >= 11 is 0. The highest BCUT2D eigenvalue weighted by atomic mass is 16.5. The predicted molar refractivity (Wildman–Crippen MR) is 102 cm³/mol. The average Bonchev–Trinajstić information content (AvgIpc) is 2.67. The molecular weight excluding hydrogens is 364 g/mol. The third kappa shape index (κ3) is 8.20. The van der Waals surface area contributed by atoms with E-state index in [1.807, 2.05) is 30.3 Å². The Hall–Kier alpha value is -2.90. The minimum atomic E-state index is -0.968. The number of Topliss-reactive ketones (excluding diaryl/α,β-unsaturated/α-hetero) is 1. The topological polar surface area (TPSA) is 111 Å². The summed E-state index contributed by atoms with van der Waals surface area (Å²) in [4.78, 5) is 47.7. The maximum Gasteiger partial charge on any atom is 0.408 e. The lowest BCUT2D eigenvalue weighted by Crippen LogP contribution is -2.54. The van der Waals surface area contributed by atoms with Gasteiger partial charge in [-0.2, -0.15) is 0 Å². The minimum Gasteiger partial charge on any atom is -0.467 e. The molecule has 0 fully saturated rings. The number of carbonyl (C=O) groups excluding carboxylic acids is 4. The SMILES string of the molecule is COC(=O)[C@@H](CCC(C)=O)NC(=O)[C@@H](NC(=O)OCc1ccccc1)C(C)C. The van der Waals surface area contributed by atoms with Crippen molar-refractivity contribution >= 4 is 23.8 Å². The molecule has 0 aliphatic heterocycles. The molecule has 0 saturated carbocycles. The van der Waals surface area contributed by atoms with Gasteiger partial charge in [-0.25, -0.2) is 9.59 Å². The second-order valence-corrected chi connectivity index (χ2v) is 6.75. The summed E-state index contributed by atoms with van der Waals surface area (Å²) in [5, 5.41) is 5.07. The second-order valence-electron chi connectivity index (χ2n) is 6.75. The van der Waals surface area contributed by atoms with Gasteiger partial charge in [0.25, 0.3) is 0 Å². The summed E-state index contributed by atoms with van der Waals surface area (Å²) in [6.45, 7) is 4.98. The van der Waals surface area contributed by atoms with Gasteiger partial charge in [-0.05, 0) is 24.8 Å². The molecule has 8 heteroatoms. The van der Waals surface area contributed by atoms with Crippen LogP contribution in [0.15, 0.2) is 30.3 Å². The summed E-state index contributed by atoms with van der Waals surface area (Å²) < 4.78 is 9.82. The van der Waals surface area contributed by atoms with Crippen LogP contribution in [0.1, 0.15) is 39.2 Å². The maximum atomic E-state index is 12.6. The van der Waals surface area contributed by atoms with E-state index in [0.717, 1.165) is 5.56 Å². The van der Waals surface area contributed by atoms with Gasteiger partial charge < -0.3 is 24.9 Å². The number of hydrogen-bond acceptors (Lipinski definition) is 6. The zero-order chi connectivity index (χ0) is 21.1. The molecular formula is C20H28N2O6. The first kappa shape index (κ1) is 23.1. The first-order valence-corrected chi connectivity index (χ1v) is 9.09. The van der Waals surface area contributed by atoms with E-state index in [9.17, 15) is 19.2 Å². The van der Waals surface area contributed by atoms with E-state index < -0.39 is 30.1 Å². The monoisotopic (exact) mass is 392 g/mol. The highest BCUT2D eigenvalue weighted by Gasteiger charge is 2.29. The predicted octanol–water partition coefficient (Wildman–Crippen LogP) is 1.96. The molecule has 0 bridgehead atoms. The van der Waals surface area contributed by atoms with Gasteiger partial charge in [0, 0.05) is 6.42 Å². The zero-order valence-corrected chi connectivity index (χ0v) is 16.7. The summed E-state index contributed by atoms with van der Waals surface area (Å²) in [5.41, 5.74) is 0.818. The number of ketones is 1. The zero-order valence-electron chi connectivity index (χ0n) is 16.7. The molecule has 154 valence electrons. The molecule has 1 aromatic rings. The number of amides is 2. The Morgan fingerprint density at radius 3 is 2.21 bits per heavy atom. The van der Waals surface area contributed by atoms with Gasteiger partial charge in [0.15, 0.2) is 0 Å². The van der Waals surface area contributed by atoms with Crippen LogP contribution in [0.2, 0.25) is 0 Å². The molecule has 0 aromatic heterocycles. The van der Waals surface area contributed by atoms with Crippen molar-refractivity contribution < 1.29 is 28.7 Å². The number of methoxy groups -OCH3 is 1. The first-order valence-electron chi connectivity index (χ1n) is 9.09. The number of esters is 1. The molecule has 2 N–H and O–H groups in total. The fourth-order valence-corrected chi connectivity index (χ4v) is 2.43. The molecule has 1 aromatic carbocycles. The Labute approximate surface area is 165 Å². The van der Waals surface area contributed by atoms with Crippen LogP contribution in [-0.2, 0) is 30.5 Å². The van der Waals surface area contributed by atoms with E-state index in [1.165, 1.54) is 14.0 Å². The van der Waals surface area contributed by atoms with E-state index in [0.29, 0.717) is 0 Å². The molecule has 28 heavy (non-hydrogen) atoms. The van der Waals surface area contributed by atoms with Crippen LogP contribution in [0.5, 0.6) is 0 Å². The van der Waals surface area contributed by atoms with Crippen molar-refractivity contribution in [3.05, 3.63) is 35.9 Å². The van der Waals surface area contributed by atoms with Crippen molar-refractivity contribution in [3.63, 3.8) is 0 Å². The van der Waals surface area contributed by atoms with E-state index >= 15 is 0 Å². The summed E-state index contributed by atoms with van der Waals surface area (Å²) in [6, 6.07) is 7.26. The third-order valence-electron chi connectivity index (χ3n) is 4.02. The van der Waals surface area contributed by atoms with Crippen molar-refractivity contribution in [3.8, 4) is 0 Å². The number of ether oxygens (including phenoxy) is 2. The van der Waals surface area contributed by atoms with Crippen molar-refractivity contribution in [1.29, 1.82) is 0 Å². The number of carbonyl (C=O) groups is 4. The molecule has 0 spiro atoms. The van der Waals surface area contributed by atoms with E-state index in [2.05, 4.69) is 15.4 Å². The van der Waals surface area contributed by atoms with Crippen molar-refractivity contribution in [1.82, 2.24) is 10.6 Å². The lowest BCUT2D eigenvalue weighted by Gasteiger charge is -2.24. The lowest BCUT2D eigenvalue weighted by atomic mass is 10.0. The highest BCUT2D eigenvalue weighted by molar-refractivity contribution is 5.90. The Morgan fingerprint density at radius 1 is 1.04 bits per heavy atom. The minimum absolute atomic E-state index is 0.0719. The fraction of sp³-hybridized carbons (Fsp3) is 0.500. The molecule has 0 radical (unpaired) electrons. The quantitative estimate of drug-likeness (QED) is 0.589. The fourth-order valence-electron chi connectivity index (χ4n) is 2.43. The van der Waals surface area contributed by atoms with Crippen LogP contribution < -0.4 is 10.6 Å². The third-order valence-corrected chi connectivity index (χ3v) is 4.02. The number of alkyl carbamates (subject to hydrolysis) is 1. The molecule has 0 unspecified atom stereocenters. The van der Waals surface area contributed by atoms with Crippen LogP contribution in [0, 0.1) is 5.92 Å². The van der Waals surface area contributed by atoms with Gasteiger partial charge in [0.1, 0.15) is 24.5 Å². The summed E-state index contributed by atoms with van der Waals surface area (Å²) in [5.74, 6) is -1.56. The second kappa shape index (κ2) is 11.7.